The zero-order chi connectivity index (χ0) is 22.5. The second kappa shape index (κ2) is 10.7. The smallest absolute Gasteiger partial charge is 0.277 e. The SMILES string of the molecule is CC(C)c1cc(I)ccc1NC(=O)CSc1nnc(COc2ccc3c(c2)CCCC3)o1. The highest BCUT2D eigenvalue weighted by molar-refractivity contribution is 14.1. The molecule has 0 bridgehead atoms. The van der Waals surface area contributed by atoms with Gasteiger partial charge in [-0.1, -0.05) is 31.7 Å². The Balaban J connectivity index is 1.28. The molecule has 0 radical (unpaired) electrons. The van der Waals surface area contributed by atoms with Gasteiger partial charge in [0, 0.05) is 9.26 Å². The van der Waals surface area contributed by atoms with Crippen LogP contribution in [0.25, 0.3) is 0 Å². The summed E-state index contributed by atoms with van der Waals surface area (Å²) in [5, 5.41) is 11.4. The van der Waals surface area contributed by atoms with Crippen molar-refractivity contribution in [1.29, 1.82) is 0 Å². The van der Waals surface area contributed by atoms with Gasteiger partial charge in [0.25, 0.3) is 11.1 Å². The number of carbonyl (C=O) groups excluding carboxylic acids is 1. The first-order valence-electron chi connectivity index (χ1n) is 10.8. The van der Waals surface area contributed by atoms with E-state index in [1.54, 1.807) is 0 Å². The molecule has 0 unspecified atom stereocenters. The Morgan fingerprint density at radius 2 is 1.97 bits per heavy atom. The molecule has 0 aliphatic heterocycles. The largest absolute Gasteiger partial charge is 0.484 e. The first-order chi connectivity index (χ1) is 15.5. The number of ether oxygens (including phenoxy) is 1. The average Bonchev–Trinajstić information content (AvgIpc) is 3.25. The normalized spacial score (nSPS) is 13.1. The van der Waals surface area contributed by atoms with Crippen molar-refractivity contribution in [3.8, 4) is 5.75 Å². The van der Waals surface area contributed by atoms with Gasteiger partial charge in [0.15, 0.2) is 6.61 Å². The van der Waals surface area contributed by atoms with E-state index in [0.29, 0.717) is 17.0 Å². The molecule has 2 aromatic carbocycles. The van der Waals surface area contributed by atoms with E-state index < -0.39 is 0 Å². The number of halogens is 1. The lowest BCUT2D eigenvalue weighted by atomic mass is 9.92. The van der Waals surface area contributed by atoms with Crippen molar-refractivity contribution in [3.05, 3.63) is 62.5 Å². The minimum Gasteiger partial charge on any atom is -0.484 e. The third-order valence-corrected chi connectivity index (χ3v) is 6.86. The fourth-order valence-corrected chi connectivity index (χ4v) is 4.83. The third-order valence-electron chi connectivity index (χ3n) is 5.37. The van der Waals surface area contributed by atoms with Gasteiger partial charge >= 0.3 is 0 Å². The van der Waals surface area contributed by atoms with Gasteiger partial charge in [0.1, 0.15) is 5.75 Å². The molecule has 0 fully saturated rings. The minimum absolute atomic E-state index is 0.108. The highest BCUT2D eigenvalue weighted by atomic mass is 127. The maximum Gasteiger partial charge on any atom is 0.277 e. The number of nitrogens with one attached hydrogen (secondary N) is 1. The lowest BCUT2D eigenvalue weighted by Crippen LogP contribution is -2.15. The van der Waals surface area contributed by atoms with E-state index in [1.165, 1.54) is 35.7 Å². The number of nitrogens with zero attached hydrogens (tertiary/aromatic N) is 2. The maximum atomic E-state index is 12.4. The summed E-state index contributed by atoms with van der Waals surface area (Å²) in [6, 6.07) is 12.3. The summed E-state index contributed by atoms with van der Waals surface area (Å²) in [6.07, 6.45) is 4.75. The van der Waals surface area contributed by atoms with Gasteiger partial charge in [-0.2, -0.15) is 0 Å². The number of hydrogen-bond acceptors (Lipinski definition) is 6. The molecule has 0 spiro atoms. The van der Waals surface area contributed by atoms with Gasteiger partial charge < -0.3 is 14.5 Å². The molecule has 4 rings (SSSR count). The Labute approximate surface area is 206 Å². The number of aromatic nitrogens is 2. The Morgan fingerprint density at radius 3 is 2.78 bits per heavy atom. The van der Waals surface area contributed by atoms with E-state index in [-0.39, 0.29) is 18.3 Å². The first-order valence-corrected chi connectivity index (χ1v) is 12.8. The molecule has 3 aromatic rings. The molecular formula is C24H26IN3O3S. The molecule has 1 amide bonds. The van der Waals surface area contributed by atoms with Crippen molar-refractivity contribution in [2.24, 2.45) is 0 Å². The Morgan fingerprint density at radius 1 is 1.16 bits per heavy atom. The molecule has 1 aliphatic rings. The number of fused-ring (bicyclic) bond motifs is 1. The molecule has 1 aliphatic carbocycles. The fourth-order valence-electron chi connectivity index (χ4n) is 3.74. The van der Waals surface area contributed by atoms with E-state index in [9.17, 15) is 4.79 Å². The van der Waals surface area contributed by atoms with Crippen LogP contribution >= 0.6 is 34.4 Å². The zero-order valence-electron chi connectivity index (χ0n) is 18.2. The van der Waals surface area contributed by atoms with Crippen molar-refractivity contribution in [3.63, 3.8) is 0 Å². The van der Waals surface area contributed by atoms with Gasteiger partial charge in [-0.3, -0.25) is 4.79 Å². The molecule has 1 heterocycles. The van der Waals surface area contributed by atoms with Crippen LogP contribution in [0, 0.1) is 3.57 Å². The van der Waals surface area contributed by atoms with Gasteiger partial charge in [-0.15, -0.1) is 10.2 Å². The monoisotopic (exact) mass is 563 g/mol. The summed E-state index contributed by atoms with van der Waals surface area (Å²) in [5.74, 6) is 1.61. The number of carbonyl (C=O) groups is 1. The number of hydrogen-bond donors (Lipinski definition) is 1. The molecule has 0 atom stereocenters. The summed E-state index contributed by atoms with van der Waals surface area (Å²) in [7, 11) is 0. The quantitative estimate of drug-likeness (QED) is 0.268. The average molecular weight is 563 g/mol. The fraction of sp³-hybridized carbons (Fsp3) is 0.375. The van der Waals surface area contributed by atoms with Gasteiger partial charge in [0.05, 0.1) is 5.75 Å². The van der Waals surface area contributed by atoms with Crippen molar-refractivity contribution < 1.29 is 13.9 Å². The number of amides is 1. The molecule has 168 valence electrons. The zero-order valence-corrected chi connectivity index (χ0v) is 21.2. The molecule has 0 saturated heterocycles. The second-order valence-corrected chi connectivity index (χ2v) is 10.3. The highest BCUT2D eigenvalue weighted by Gasteiger charge is 2.14. The van der Waals surface area contributed by atoms with Crippen molar-refractivity contribution >= 4 is 45.9 Å². The van der Waals surface area contributed by atoms with Gasteiger partial charge in [-0.25, -0.2) is 0 Å². The molecule has 1 aromatic heterocycles. The van der Waals surface area contributed by atoms with Crippen LogP contribution in [0.2, 0.25) is 0 Å². The summed E-state index contributed by atoms with van der Waals surface area (Å²) < 4.78 is 12.6. The molecule has 32 heavy (non-hydrogen) atoms. The minimum atomic E-state index is -0.108. The van der Waals surface area contributed by atoms with E-state index in [4.69, 9.17) is 9.15 Å². The topological polar surface area (TPSA) is 77.2 Å². The third kappa shape index (κ3) is 6.04. The van der Waals surface area contributed by atoms with Crippen LogP contribution in [0.5, 0.6) is 5.75 Å². The lowest BCUT2D eigenvalue weighted by molar-refractivity contribution is -0.113. The Bertz CT molecular complexity index is 1100. The van der Waals surface area contributed by atoms with E-state index in [0.717, 1.165) is 33.4 Å². The number of anilines is 1. The maximum absolute atomic E-state index is 12.4. The molecule has 0 saturated carbocycles. The van der Waals surface area contributed by atoms with E-state index in [1.807, 2.05) is 18.2 Å². The van der Waals surface area contributed by atoms with Crippen LogP contribution in [0.15, 0.2) is 46.0 Å². The van der Waals surface area contributed by atoms with Crippen molar-refractivity contribution in [2.45, 2.75) is 57.3 Å². The lowest BCUT2D eigenvalue weighted by Gasteiger charge is -2.16. The number of aryl methyl sites for hydroxylation is 2. The Hall–Kier alpha value is -2.07. The molecule has 6 nitrogen and oxygen atoms in total. The van der Waals surface area contributed by atoms with Crippen LogP contribution in [-0.2, 0) is 24.2 Å². The summed E-state index contributed by atoms with van der Waals surface area (Å²) in [6.45, 7) is 4.43. The van der Waals surface area contributed by atoms with Crippen LogP contribution in [0.1, 0.15) is 55.2 Å². The van der Waals surface area contributed by atoms with E-state index in [2.05, 4.69) is 70.2 Å². The predicted octanol–water partition coefficient (Wildman–Crippen LogP) is 5.99. The van der Waals surface area contributed by atoms with Crippen molar-refractivity contribution in [1.82, 2.24) is 10.2 Å². The van der Waals surface area contributed by atoms with Gasteiger partial charge in [-0.05, 0) is 101 Å². The number of rotatable bonds is 8. The van der Waals surface area contributed by atoms with Crippen LogP contribution in [0.3, 0.4) is 0 Å². The molecule has 1 N–H and O–H groups in total. The number of thioether (sulfide) groups is 1. The summed E-state index contributed by atoms with van der Waals surface area (Å²) in [5.41, 5.74) is 4.75. The second-order valence-electron chi connectivity index (χ2n) is 8.11. The predicted molar refractivity (Wildman–Crippen MR) is 134 cm³/mol. The van der Waals surface area contributed by atoms with Crippen LogP contribution in [-0.4, -0.2) is 21.9 Å². The van der Waals surface area contributed by atoms with Crippen LogP contribution in [0.4, 0.5) is 5.69 Å². The standard InChI is InChI=1S/C24H26IN3O3S/c1-15(2)20-12-18(25)8-10-21(20)26-22(29)14-32-24-28-27-23(31-24)13-30-19-9-7-16-5-3-4-6-17(16)11-19/h7-12,15H,3-6,13-14H2,1-2H3,(H,26,29). The highest BCUT2D eigenvalue weighted by Crippen LogP contribution is 2.28. The molecule has 8 heteroatoms. The first kappa shape index (κ1) is 23.1. The van der Waals surface area contributed by atoms with E-state index >= 15 is 0 Å². The summed E-state index contributed by atoms with van der Waals surface area (Å²) >= 11 is 3.50. The number of benzene rings is 2. The molecular weight excluding hydrogens is 537 g/mol. The van der Waals surface area contributed by atoms with Crippen LogP contribution < -0.4 is 10.1 Å². The summed E-state index contributed by atoms with van der Waals surface area (Å²) in [4.78, 5) is 12.4. The van der Waals surface area contributed by atoms with Crippen molar-refractivity contribution in [2.75, 3.05) is 11.1 Å². The Kier molecular flexibility index (Phi) is 7.72. The van der Waals surface area contributed by atoms with Gasteiger partial charge in [0.2, 0.25) is 5.91 Å².